The Morgan fingerprint density at radius 3 is 2.12 bits per heavy atom. The van der Waals surface area contributed by atoms with E-state index < -0.39 is 6.30 Å². The SMILES string of the molecule is CC(F)n1cccc1. The minimum atomic E-state index is -0.898. The van der Waals surface area contributed by atoms with Crippen LogP contribution >= 0.6 is 0 Å². The molecule has 0 aliphatic rings. The zero-order valence-corrected chi connectivity index (χ0v) is 4.71. The molecule has 0 aromatic carbocycles. The maximum Gasteiger partial charge on any atom is 0.172 e. The molecule has 1 aromatic heterocycles. The Bertz CT molecular complexity index is 144. The number of alkyl halides is 1. The van der Waals surface area contributed by atoms with E-state index in [1.165, 1.54) is 11.5 Å². The second kappa shape index (κ2) is 1.99. The Morgan fingerprint density at radius 1 is 1.38 bits per heavy atom. The molecule has 0 aliphatic heterocycles. The van der Waals surface area contributed by atoms with Crippen LogP contribution in [0.4, 0.5) is 4.39 Å². The molecule has 1 nitrogen and oxygen atoms in total. The van der Waals surface area contributed by atoms with Gasteiger partial charge in [0.2, 0.25) is 0 Å². The van der Waals surface area contributed by atoms with Crippen LogP contribution in [-0.2, 0) is 0 Å². The normalized spacial score (nSPS) is 13.8. The quantitative estimate of drug-likeness (QED) is 0.524. The van der Waals surface area contributed by atoms with Crippen LogP contribution in [0.25, 0.3) is 0 Å². The Morgan fingerprint density at radius 2 is 1.88 bits per heavy atom. The molecule has 2 heteroatoms. The van der Waals surface area contributed by atoms with E-state index in [4.69, 9.17) is 0 Å². The Labute approximate surface area is 47.7 Å². The van der Waals surface area contributed by atoms with Gasteiger partial charge in [0.25, 0.3) is 0 Å². The van der Waals surface area contributed by atoms with Crippen LogP contribution in [-0.4, -0.2) is 4.57 Å². The van der Waals surface area contributed by atoms with E-state index in [1.54, 1.807) is 24.5 Å². The topological polar surface area (TPSA) is 4.93 Å². The summed E-state index contributed by atoms with van der Waals surface area (Å²) in [6.45, 7) is 1.50. The van der Waals surface area contributed by atoms with Gasteiger partial charge < -0.3 is 4.57 Å². The molecule has 0 aliphatic carbocycles. The first kappa shape index (κ1) is 5.35. The van der Waals surface area contributed by atoms with E-state index in [1.807, 2.05) is 0 Å². The summed E-state index contributed by atoms with van der Waals surface area (Å²) in [5.74, 6) is 0. The summed E-state index contributed by atoms with van der Waals surface area (Å²) < 4.78 is 13.7. The third kappa shape index (κ3) is 0.886. The van der Waals surface area contributed by atoms with E-state index >= 15 is 0 Å². The summed E-state index contributed by atoms with van der Waals surface area (Å²) in [7, 11) is 0. The van der Waals surface area contributed by atoms with Gasteiger partial charge in [0.15, 0.2) is 6.30 Å². The van der Waals surface area contributed by atoms with Crippen LogP contribution in [0.3, 0.4) is 0 Å². The van der Waals surface area contributed by atoms with Crippen LogP contribution < -0.4 is 0 Å². The molecule has 44 valence electrons. The number of nitrogens with zero attached hydrogens (tertiary/aromatic N) is 1. The molecule has 0 N–H and O–H groups in total. The van der Waals surface area contributed by atoms with Crippen molar-refractivity contribution in [2.24, 2.45) is 0 Å². The summed E-state index contributed by atoms with van der Waals surface area (Å²) in [6.07, 6.45) is 2.50. The van der Waals surface area contributed by atoms with Gasteiger partial charge >= 0.3 is 0 Å². The van der Waals surface area contributed by atoms with Gasteiger partial charge in [0.05, 0.1) is 0 Å². The summed E-state index contributed by atoms with van der Waals surface area (Å²) in [5, 5.41) is 0. The Hall–Kier alpha value is -0.790. The van der Waals surface area contributed by atoms with Crippen molar-refractivity contribution in [2.75, 3.05) is 0 Å². The monoisotopic (exact) mass is 113 g/mol. The molecule has 0 radical (unpaired) electrons. The lowest BCUT2D eigenvalue weighted by Crippen LogP contribution is -1.92. The first-order valence-corrected chi connectivity index (χ1v) is 2.57. The van der Waals surface area contributed by atoms with Crippen LogP contribution in [0.2, 0.25) is 0 Å². The van der Waals surface area contributed by atoms with Gasteiger partial charge in [-0.15, -0.1) is 0 Å². The fraction of sp³-hybridized carbons (Fsp3) is 0.333. The Kier molecular flexibility index (Phi) is 1.33. The second-order valence-electron chi connectivity index (χ2n) is 1.70. The van der Waals surface area contributed by atoms with Crippen molar-refractivity contribution >= 4 is 0 Å². The van der Waals surface area contributed by atoms with Gasteiger partial charge in [-0.1, -0.05) is 0 Å². The minimum Gasteiger partial charge on any atom is -0.324 e. The molecule has 1 unspecified atom stereocenters. The van der Waals surface area contributed by atoms with Gasteiger partial charge in [-0.25, -0.2) is 4.39 Å². The van der Waals surface area contributed by atoms with Gasteiger partial charge in [0.1, 0.15) is 0 Å². The molecule has 1 atom stereocenters. The van der Waals surface area contributed by atoms with Crippen molar-refractivity contribution in [1.82, 2.24) is 4.57 Å². The molecule has 8 heavy (non-hydrogen) atoms. The highest BCUT2D eigenvalue weighted by atomic mass is 19.1. The first-order valence-electron chi connectivity index (χ1n) is 2.57. The molecule has 0 fully saturated rings. The lowest BCUT2D eigenvalue weighted by Gasteiger charge is -1.99. The van der Waals surface area contributed by atoms with Gasteiger partial charge in [-0.05, 0) is 19.1 Å². The lowest BCUT2D eigenvalue weighted by molar-refractivity contribution is 0.269. The summed E-state index contributed by atoms with van der Waals surface area (Å²) in [6, 6.07) is 3.60. The number of rotatable bonds is 1. The maximum absolute atomic E-state index is 12.2. The standard InChI is InChI=1S/C6H8FN/c1-6(7)8-4-2-3-5-8/h2-6H,1H3. The van der Waals surface area contributed by atoms with Crippen LogP contribution in [0.5, 0.6) is 0 Å². The van der Waals surface area contributed by atoms with Crippen molar-refractivity contribution in [3.05, 3.63) is 24.5 Å². The number of halogens is 1. The van der Waals surface area contributed by atoms with Crippen LogP contribution in [0.1, 0.15) is 13.2 Å². The van der Waals surface area contributed by atoms with Crippen LogP contribution in [0.15, 0.2) is 24.5 Å². The second-order valence-corrected chi connectivity index (χ2v) is 1.70. The number of hydrogen-bond donors (Lipinski definition) is 0. The molecule has 0 spiro atoms. The van der Waals surface area contributed by atoms with E-state index in [-0.39, 0.29) is 0 Å². The molecule has 1 rings (SSSR count). The van der Waals surface area contributed by atoms with Gasteiger partial charge in [-0.3, -0.25) is 0 Å². The van der Waals surface area contributed by atoms with E-state index in [0.717, 1.165) is 0 Å². The van der Waals surface area contributed by atoms with Crippen molar-refractivity contribution in [1.29, 1.82) is 0 Å². The van der Waals surface area contributed by atoms with Crippen molar-refractivity contribution in [3.63, 3.8) is 0 Å². The van der Waals surface area contributed by atoms with Crippen molar-refractivity contribution in [2.45, 2.75) is 13.2 Å². The molecule has 0 amide bonds. The van der Waals surface area contributed by atoms with Crippen LogP contribution in [0, 0.1) is 0 Å². The lowest BCUT2D eigenvalue weighted by atomic mass is 10.7. The molecule has 1 heterocycles. The summed E-state index contributed by atoms with van der Waals surface area (Å²) in [4.78, 5) is 0. The minimum absolute atomic E-state index is 0.898. The van der Waals surface area contributed by atoms with Gasteiger partial charge in [0, 0.05) is 12.4 Å². The molecule has 0 saturated heterocycles. The molecule has 1 aromatic rings. The predicted molar refractivity (Wildman–Crippen MR) is 30.3 cm³/mol. The van der Waals surface area contributed by atoms with E-state index in [9.17, 15) is 4.39 Å². The highest BCUT2D eigenvalue weighted by Gasteiger charge is 1.94. The summed E-state index contributed by atoms with van der Waals surface area (Å²) in [5.41, 5.74) is 0. The average Bonchev–Trinajstić information content (AvgIpc) is 2.12. The number of aromatic nitrogens is 1. The third-order valence-electron chi connectivity index (χ3n) is 1.04. The van der Waals surface area contributed by atoms with Crippen molar-refractivity contribution in [3.8, 4) is 0 Å². The Balaban J connectivity index is 2.77. The predicted octanol–water partition coefficient (Wildman–Crippen LogP) is 1.98. The fourth-order valence-corrected chi connectivity index (χ4v) is 0.585. The molecular weight excluding hydrogens is 105 g/mol. The third-order valence-corrected chi connectivity index (χ3v) is 1.04. The highest BCUT2D eigenvalue weighted by molar-refractivity contribution is 4.90. The molecular formula is C6H8FN. The zero-order valence-electron chi connectivity index (χ0n) is 4.71. The zero-order chi connectivity index (χ0) is 5.98. The molecule has 0 bridgehead atoms. The highest BCUT2D eigenvalue weighted by Crippen LogP contribution is 2.04. The number of hydrogen-bond acceptors (Lipinski definition) is 0. The summed E-state index contributed by atoms with van der Waals surface area (Å²) >= 11 is 0. The average molecular weight is 113 g/mol. The molecule has 0 saturated carbocycles. The smallest absolute Gasteiger partial charge is 0.172 e. The maximum atomic E-state index is 12.2. The van der Waals surface area contributed by atoms with Crippen molar-refractivity contribution < 1.29 is 4.39 Å². The largest absolute Gasteiger partial charge is 0.324 e. The van der Waals surface area contributed by atoms with E-state index in [2.05, 4.69) is 0 Å². The van der Waals surface area contributed by atoms with E-state index in [0.29, 0.717) is 0 Å². The first-order chi connectivity index (χ1) is 3.80. The fourth-order valence-electron chi connectivity index (χ4n) is 0.585. The van der Waals surface area contributed by atoms with Gasteiger partial charge in [-0.2, -0.15) is 0 Å².